The number of likely N-dealkylation sites (tertiary alicyclic amines) is 1. The normalized spacial score (nSPS) is 23.4. The van der Waals surface area contributed by atoms with Gasteiger partial charge in [-0.15, -0.1) is 0 Å². The zero-order chi connectivity index (χ0) is 22.2. The van der Waals surface area contributed by atoms with Crippen LogP contribution in [0.25, 0.3) is 0 Å². The van der Waals surface area contributed by atoms with Crippen LogP contribution in [0.1, 0.15) is 41.3 Å². The first-order chi connectivity index (χ1) is 15.5. The van der Waals surface area contributed by atoms with E-state index >= 15 is 0 Å². The van der Waals surface area contributed by atoms with E-state index in [9.17, 15) is 5.02 Å². The SMILES string of the molecule is CB(O)N1CCN(C2CCN(C3c4ccc(Cl)cc4CCc4cc(Br)cnc43)CC2)CC1. The van der Waals surface area contributed by atoms with Crippen molar-refractivity contribution in [1.82, 2.24) is 19.6 Å². The molecule has 0 radical (unpaired) electrons. The molecular formula is C24H31BBrClN4O. The number of pyridine rings is 1. The zero-order valence-electron chi connectivity index (χ0n) is 18.7. The van der Waals surface area contributed by atoms with Gasteiger partial charge in [0.25, 0.3) is 0 Å². The molecular weight excluding hydrogens is 486 g/mol. The molecule has 3 aliphatic rings. The van der Waals surface area contributed by atoms with Gasteiger partial charge in [0.2, 0.25) is 0 Å². The Morgan fingerprint density at radius 2 is 1.72 bits per heavy atom. The largest absolute Gasteiger partial charge is 0.437 e. The minimum Gasteiger partial charge on any atom is -0.437 e. The lowest BCUT2D eigenvalue weighted by Gasteiger charge is -2.44. The van der Waals surface area contributed by atoms with Crippen molar-refractivity contribution in [2.24, 2.45) is 0 Å². The van der Waals surface area contributed by atoms with Gasteiger partial charge in [-0.05, 0) is 83.3 Å². The predicted molar refractivity (Wildman–Crippen MR) is 134 cm³/mol. The first kappa shape index (κ1) is 22.8. The van der Waals surface area contributed by atoms with Crippen molar-refractivity contribution >= 4 is 34.6 Å². The summed E-state index contributed by atoms with van der Waals surface area (Å²) in [7, 11) is -0.338. The van der Waals surface area contributed by atoms with Crippen molar-refractivity contribution < 1.29 is 5.02 Å². The van der Waals surface area contributed by atoms with Crippen molar-refractivity contribution in [2.75, 3.05) is 39.3 Å². The molecule has 3 heterocycles. The highest BCUT2D eigenvalue weighted by Gasteiger charge is 2.35. The van der Waals surface area contributed by atoms with E-state index in [-0.39, 0.29) is 13.1 Å². The number of hydrogen-bond donors (Lipinski definition) is 1. The second-order valence-corrected chi connectivity index (χ2v) is 10.8. The molecule has 1 aromatic carbocycles. The summed E-state index contributed by atoms with van der Waals surface area (Å²) in [4.78, 5) is 12.4. The third kappa shape index (κ3) is 4.66. The molecule has 0 spiro atoms. The molecule has 8 heteroatoms. The number of piperidine rings is 1. The van der Waals surface area contributed by atoms with Crippen molar-refractivity contribution in [3.63, 3.8) is 0 Å². The first-order valence-electron chi connectivity index (χ1n) is 11.8. The smallest absolute Gasteiger partial charge is 0.376 e. The van der Waals surface area contributed by atoms with Crippen LogP contribution in [0.2, 0.25) is 11.8 Å². The fraction of sp³-hybridized carbons (Fsp3) is 0.542. The Morgan fingerprint density at radius 1 is 1.00 bits per heavy atom. The number of benzene rings is 1. The van der Waals surface area contributed by atoms with E-state index < -0.39 is 0 Å². The van der Waals surface area contributed by atoms with Crippen LogP contribution in [-0.2, 0) is 12.8 Å². The number of fused-ring (bicyclic) bond motifs is 2. The summed E-state index contributed by atoms with van der Waals surface area (Å²) >= 11 is 10.00. The molecule has 170 valence electrons. The van der Waals surface area contributed by atoms with E-state index in [2.05, 4.69) is 48.7 Å². The van der Waals surface area contributed by atoms with E-state index in [0.717, 1.165) is 61.6 Å². The van der Waals surface area contributed by atoms with Gasteiger partial charge in [-0.2, -0.15) is 0 Å². The van der Waals surface area contributed by atoms with Crippen LogP contribution in [-0.4, -0.2) is 77.0 Å². The number of halogens is 2. The molecule has 1 aromatic heterocycles. The Labute approximate surface area is 205 Å². The molecule has 0 saturated carbocycles. The lowest BCUT2D eigenvalue weighted by atomic mass is 9.84. The summed E-state index contributed by atoms with van der Waals surface area (Å²) in [6.45, 7) is 8.05. The Hall–Kier alpha value is -0.955. The van der Waals surface area contributed by atoms with Crippen molar-refractivity contribution in [3.05, 3.63) is 62.3 Å². The molecule has 2 saturated heterocycles. The van der Waals surface area contributed by atoms with Gasteiger partial charge in [-0.3, -0.25) is 14.8 Å². The highest BCUT2D eigenvalue weighted by atomic mass is 79.9. The number of aryl methyl sites for hydroxylation is 2. The topological polar surface area (TPSA) is 42.8 Å². The Kier molecular flexibility index (Phi) is 6.94. The quantitative estimate of drug-likeness (QED) is 0.626. The molecule has 1 aliphatic carbocycles. The lowest BCUT2D eigenvalue weighted by molar-refractivity contribution is 0.0665. The van der Waals surface area contributed by atoms with Crippen LogP contribution in [0.4, 0.5) is 0 Å². The maximum Gasteiger partial charge on any atom is 0.376 e. The summed E-state index contributed by atoms with van der Waals surface area (Å²) in [5.41, 5.74) is 5.27. The van der Waals surface area contributed by atoms with Gasteiger partial charge < -0.3 is 9.83 Å². The number of hydrogen-bond acceptors (Lipinski definition) is 5. The van der Waals surface area contributed by atoms with E-state index in [4.69, 9.17) is 16.6 Å². The number of rotatable bonds is 3. The van der Waals surface area contributed by atoms with Gasteiger partial charge in [0.1, 0.15) is 0 Å². The fourth-order valence-electron chi connectivity index (χ4n) is 5.77. The van der Waals surface area contributed by atoms with Crippen LogP contribution in [0.3, 0.4) is 0 Å². The summed E-state index contributed by atoms with van der Waals surface area (Å²) in [6, 6.07) is 9.49. The predicted octanol–water partition coefficient (Wildman–Crippen LogP) is 3.88. The molecule has 1 atom stereocenters. The molecule has 2 aliphatic heterocycles. The van der Waals surface area contributed by atoms with Crippen LogP contribution in [0, 0.1) is 0 Å². The highest BCUT2D eigenvalue weighted by molar-refractivity contribution is 9.10. The summed E-state index contributed by atoms with van der Waals surface area (Å²) in [5.74, 6) is 0. The van der Waals surface area contributed by atoms with Gasteiger partial charge in [0, 0.05) is 61.0 Å². The van der Waals surface area contributed by atoms with Gasteiger partial charge in [-0.1, -0.05) is 17.7 Å². The zero-order valence-corrected chi connectivity index (χ0v) is 21.0. The van der Waals surface area contributed by atoms with Crippen LogP contribution >= 0.6 is 27.5 Å². The maximum absolute atomic E-state index is 9.85. The summed E-state index contributed by atoms with van der Waals surface area (Å²) in [5, 5.41) is 10.7. The summed E-state index contributed by atoms with van der Waals surface area (Å²) < 4.78 is 1.05. The third-order valence-corrected chi connectivity index (χ3v) is 8.22. The van der Waals surface area contributed by atoms with Gasteiger partial charge in [-0.25, -0.2) is 0 Å². The molecule has 5 nitrogen and oxygen atoms in total. The van der Waals surface area contributed by atoms with Crippen molar-refractivity contribution in [3.8, 4) is 0 Å². The van der Waals surface area contributed by atoms with E-state index in [0.29, 0.717) is 6.04 Å². The van der Waals surface area contributed by atoms with E-state index in [1.807, 2.05) is 19.1 Å². The van der Waals surface area contributed by atoms with Crippen LogP contribution < -0.4 is 0 Å². The number of aromatic nitrogens is 1. The fourth-order valence-corrected chi connectivity index (χ4v) is 6.34. The van der Waals surface area contributed by atoms with E-state index in [1.54, 1.807) is 0 Å². The minimum atomic E-state index is -0.338. The lowest BCUT2D eigenvalue weighted by Crippen LogP contribution is -2.56. The van der Waals surface area contributed by atoms with Crippen molar-refractivity contribution in [2.45, 2.75) is 44.6 Å². The van der Waals surface area contributed by atoms with Crippen LogP contribution in [0.15, 0.2) is 34.9 Å². The molecule has 0 bridgehead atoms. The molecule has 2 fully saturated rings. The Bertz CT molecular complexity index is 908. The molecule has 0 amide bonds. The average Bonchev–Trinajstić information content (AvgIpc) is 2.95. The average molecular weight is 518 g/mol. The molecule has 1 unspecified atom stereocenters. The first-order valence-corrected chi connectivity index (χ1v) is 13.0. The molecule has 32 heavy (non-hydrogen) atoms. The second kappa shape index (κ2) is 9.73. The third-order valence-electron chi connectivity index (χ3n) is 7.55. The van der Waals surface area contributed by atoms with Gasteiger partial charge in [0.05, 0.1) is 11.7 Å². The number of nitrogens with zero attached hydrogens (tertiary/aromatic N) is 4. The Morgan fingerprint density at radius 3 is 2.44 bits per heavy atom. The second-order valence-electron chi connectivity index (χ2n) is 9.41. The standard InChI is InChI=1S/C24H31BBrClN4O/c1-25(32)31-12-10-29(11-13-31)21-6-8-30(9-7-21)24-22-5-4-20(27)15-17(22)2-3-18-14-19(26)16-28-23(18)24/h4-5,14-16,21,24,32H,2-3,6-13H2,1H3. The Balaban J connectivity index is 1.35. The minimum absolute atomic E-state index is 0.195. The maximum atomic E-state index is 9.85. The number of piperazine rings is 1. The molecule has 5 rings (SSSR count). The van der Waals surface area contributed by atoms with Crippen LogP contribution in [0.5, 0.6) is 0 Å². The summed E-state index contributed by atoms with van der Waals surface area (Å²) in [6.07, 6.45) is 6.30. The molecule has 2 aromatic rings. The monoisotopic (exact) mass is 516 g/mol. The van der Waals surface area contributed by atoms with Crippen molar-refractivity contribution in [1.29, 1.82) is 0 Å². The van der Waals surface area contributed by atoms with E-state index in [1.165, 1.54) is 35.2 Å². The molecule has 1 N–H and O–H groups in total. The van der Waals surface area contributed by atoms with Gasteiger partial charge in [0.15, 0.2) is 0 Å². The highest BCUT2D eigenvalue weighted by Crippen LogP contribution is 2.39. The van der Waals surface area contributed by atoms with Gasteiger partial charge >= 0.3 is 7.05 Å².